The van der Waals surface area contributed by atoms with Gasteiger partial charge in [-0.25, -0.2) is 13.8 Å². The predicted molar refractivity (Wildman–Crippen MR) is 171 cm³/mol. The van der Waals surface area contributed by atoms with Gasteiger partial charge < -0.3 is 19.3 Å². The highest BCUT2D eigenvalue weighted by atomic mass is 32.1. The van der Waals surface area contributed by atoms with Crippen molar-refractivity contribution in [3.63, 3.8) is 0 Å². The molecule has 0 fully saturated rings. The first-order chi connectivity index (χ1) is 22.4. The number of hydrogen-bond donors (Lipinski definition) is 0. The molecule has 0 spiro atoms. The highest BCUT2D eigenvalue weighted by Crippen LogP contribution is 2.47. The van der Waals surface area contributed by atoms with Crippen LogP contribution in [0.15, 0.2) is 54.7 Å². The van der Waals surface area contributed by atoms with Gasteiger partial charge in [0.1, 0.15) is 41.2 Å². The van der Waals surface area contributed by atoms with Gasteiger partial charge in [0, 0.05) is 66.8 Å². The summed E-state index contributed by atoms with van der Waals surface area (Å²) in [7, 11) is 1.53. The maximum Gasteiger partial charge on any atom is 0.246 e. The molecule has 2 aliphatic rings. The molecule has 5 aromatic rings. The molecule has 1 aromatic carbocycles. The second-order valence-electron chi connectivity index (χ2n) is 11.1. The Morgan fingerprint density at radius 3 is 2.74 bits per heavy atom. The topological polar surface area (TPSA) is 98.5 Å². The third kappa shape index (κ3) is 5.18. The Morgan fingerprint density at radius 1 is 1.11 bits per heavy atom. The van der Waals surface area contributed by atoms with Gasteiger partial charge in [-0.15, -0.1) is 11.3 Å². The maximum absolute atomic E-state index is 16.0. The molecule has 10 nitrogen and oxygen atoms in total. The van der Waals surface area contributed by atoms with E-state index in [1.165, 1.54) is 30.6 Å². The first kappa shape index (κ1) is 29.9. The summed E-state index contributed by atoms with van der Waals surface area (Å²) < 4.78 is 44.3. The third-order valence-corrected chi connectivity index (χ3v) is 9.41. The summed E-state index contributed by atoms with van der Waals surface area (Å²) in [4.78, 5) is 30.8. The number of amides is 1. The second-order valence-corrected chi connectivity index (χ2v) is 12.1. The number of rotatable bonds is 8. The zero-order valence-electron chi connectivity index (χ0n) is 25.4. The largest absolute Gasteiger partial charge is 0.490 e. The van der Waals surface area contributed by atoms with Gasteiger partial charge in [0.05, 0.1) is 48.4 Å². The lowest BCUT2D eigenvalue weighted by atomic mass is 9.98. The fourth-order valence-corrected chi connectivity index (χ4v) is 7.21. The standard InChI is InChI=1S/C33H31F2N7O3S/c1-4-28(43)41-10-11-42-26(19(41)2)17-24(39-42)31-30(29-22(35)15-20(34)16-27(29)45-13-12-44-3)32-21(6-14-46-32)33(38-31)40-9-5-23-25(18-40)37-8-7-36-23/h4,6-8,14-17,19H,1,5,9-13,18H2,2-3H3/t19-/m1/s1. The van der Waals surface area contributed by atoms with Crippen molar-refractivity contribution in [2.75, 3.05) is 38.3 Å². The van der Waals surface area contributed by atoms with E-state index in [0.717, 1.165) is 33.2 Å². The normalized spacial score (nSPS) is 16.0. The first-order valence-corrected chi connectivity index (χ1v) is 15.8. The summed E-state index contributed by atoms with van der Waals surface area (Å²) in [5, 5.41) is 7.70. The molecule has 0 radical (unpaired) electrons. The molecule has 0 bridgehead atoms. The number of methoxy groups -OCH3 is 1. The zero-order chi connectivity index (χ0) is 31.9. The highest BCUT2D eigenvalue weighted by molar-refractivity contribution is 7.18. The number of halogens is 2. The lowest BCUT2D eigenvalue weighted by Gasteiger charge is -2.33. The van der Waals surface area contributed by atoms with Crippen LogP contribution in [0.3, 0.4) is 0 Å². The second kappa shape index (κ2) is 12.2. The minimum Gasteiger partial charge on any atom is -0.490 e. The van der Waals surface area contributed by atoms with E-state index in [1.807, 2.05) is 29.1 Å². The Labute approximate surface area is 267 Å². The third-order valence-electron chi connectivity index (χ3n) is 8.48. The zero-order valence-corrected chi connectivity index (χ0v) is 26.2. The number of aromatic nitrogens is 5. The summed E-state index contributed by atoms with van der Waals surface area (Å²) in [6.45, 7) is 8.02. The Hall–Kier alpha value is -4.75. The van der Waals surface area contributed by atoms with Crippen LogP contribution in [-0.2, 0) is 29.0 Å². The minimum absolute atomic E-state index is 0.0438. The average molecular weight is 644 g/mol. The summed E-state index contributed by atoms with van der Waals surface area (Å²) >= 11 is 1.44. The summed E-state index contributed by atoms with van der Waals surface area (Å²) in [6, 6.07) is 5.63. The van der Waals surface area contributed by atoms with Gasteiger partial charge in [0.25, 0.3) is 0 Å². The monoisotopic (exact) mass is 643 g/mol. The molecular formula is C33H31F2N7O3S. The lowest BCUT2D eigenvalue weighted by molar-refractivity contribution is -0.129. The van der Waals surface area contributed by atoms with Crippen molar-refractivity contribution >= 4 is 33.1 Å². The van der Waals surface area contributed by atoms with Crippen molar-refractivity contribution in [3.05, 3.63) is 83.4 Å². The number of benzene rings is 1. The number of pyridine rings is 1. The van der Waals surface area contributed by atoms with Crippen molar-refractivity contribution in [2.24, 2.45) is 0 Å². The summed E-state index contributed by atoms with van der Waals surface area (Å²) in [5.74, 6) is -0.948. The van der Waals surface area contributed by atoms with E-state index in [4.69, 9.17) is 19.6 Å². The van der Waals surface area contributed by atoms with Gasteiger partial charge in [0.15, 0.2) is 0 Å². The molecule has 4 aromatic heterocycles. The number of carbonyl (C=O) groups excluding carboxylic acids is 1. The van der Waals surface area contributed by atoms with Crippen LogP contribution in [0, 0.1) is 11.6 Å². The molecule has 6 heterocycles. The Kier molecular flexibility index (Phi) is 7.95. The lowest BCUT2D eigenvalue weighted by Crippen LogP contribution is -2.40. The number of ether oxygens (including phenoxy) is 2. The van der Waals surface area contributed by atoms with E-state index in [0.29, 0.717) is 55.4 Å². The van der Waals surface area contributed by atoms with Gasteiger partial charge in [-0.2, -0.15) is 5.10 Å². The fourth-order valence-electron chi connectivity index (χ4n) is 6.26. The molecule has 0 saturated heterocycles. The van der Waals surface area contributed by atoms with Crippen LogP contribution >= 0.6 is 11.3 Å². The quantitative estimate of drug-likeness (QED) is 0.160. The Balaban J connectivity index is 1.45. The number of nitrogens with zero attached hydrogens (tertiary/aromatic N) is 7. The van der Waals surface area contributed by atoms with E-state index in [9.17, 15) is 9.18 Å². The van der Waals surface area contributed by atoms with Crippen LogP contribution in [-0.4, -0.2) is 69.0 Å². The fraction of sp³-hybridized carbons (Fsp3) is 0.303. The minimum atomic E-state index is -0.778. The van der Waals surface area contributed by atoms with Gasteiger partial charge in [0.2, 0.25) is 5.91 Å². The number of fused-ring (bicyclic) bond motifs is 3. The highest BCUT2D eigenvalue weighted by Gasteiger charge is 2.32. The number of carbonyl (C=O) groups is 1. The van der Waals surface area contributed by atoms with Crippen LogP contribution in [0.2, 0.25) is 0 Å². The van der Waals surface area contributed by atoms with E-state index in [1.54, 1.807) is 17.3 Å². The van der Waals surface area contributed by atoms with Gasteiger partial charge in [-0.05, 0) is 30.5 Å². The van der Waals surface area contributed by atoms with Crippen molar-refractivity contribution in [1.82, 2.24) is 29.6 Å². The van der Waals surface area contributed by atoms with Gasteiger partial charge in [-0.1, -0.05) is 6.58 Å². The van der Waals surface area contributed by atoms with Crippen LogP contribution in [0.25, 0.3) is 32.6 Å². The van der Waals surface area contributed by atoms with E-state index in [-0.39, 0.29) is 36.5 Å². The molecule has 0 N–H and O–H groups in total. The molecule has 0 saturated carbocycles. The van der Waals surface area contributed by atoms with E-state index in [2.05, 4.69) is 21.4 Å². The molecule has 0 aliphatic carbocycles. The molecule has 1 amide bonds. The molecule has 46 heavy (non-hydrogen) atoms. The van der Waals surface area contributed by atoms with Crippen LogP contribution in [0.4, 0.5) is 14.6 Å². The Morgan fingerprint density at radius 2 is 1.93 bits per heavy atom. The van der Waals surface area contributed by atoms with Crippen molar-refractivity contribution in [1.29, 1.82) is 0 Å². The molecule has 13 heteroatoms. The summed E-state index contributed by atoms with van der Waals surface area (Å²) in [5.41, 5.74) is 4.13. The number of thiophene rings is 1. The molecule has 236 valence electrons. The Bertz CT molecular complexity index is 1980. The molecule has 0 unspecified atom stereocenters. The van der Waals surface area contributed by atoms with Crippen molar-refractivity contribution < 1.29 is 23.0 Å². The van der Waals surface area contributed by atoms with Gasteiger partial charge >= 0.3 is 0 Å². The first-order valence-electron chi connectivity index (χ1n) is 14.9. The van der Waals surface area contributed by atoms with Crippen LogP contribution in [0.5, 0.6) is 5.75 Å². The molecule has 1 atom stereocenters. The van der Waals surface area contributed by atoms with E-state index >= 15 is 4.39 Å². The van der Waals surface area contributed by atoms with Crippen LogP contribution in [0.1, 0.15) is 30.0 Å². The summed E-state index contributed by atoms with van der Waals surface area (Å²) in [6.07, 6.45) is 5.39. The molecule has 2 aliphatic heterocycles. The van der Waals surface area contributed by atoms with Gasteiger partial charge in [-0.3, -0.25) is 19.4 Å². The molecule has 7 rings (SSSR count). The SMILES string of the molecule is C=CC(=O)N1CCn2nc(-c3nc(N4CCc5nccnc5C4)c4ccsc4c3-c3c(F)cc(F)cc3OCCOC)cc2[C@H]1C. The predicted octanol–water partition coefficient (Wildman–Crippen LogP) is 5.57. The molecular weight excluding hydrogens is 612 g/mol. The number of hydrogen-bond acceptors (Lipinski definition) is 9. The van der Waals surface area contributed by atoms with Crippen molar-refractivity contribution in [3.8, 4) is 28.3 Å². The maximum atomic E-state index is 16.0. The van der Waals surface area contributed by atoms with Crippen molar-refractivity contribution in [2.45, 2.75) is 32.5 Å². The number of anilines is 1. The van der Waals surface area contributed by atoms with Crippen LogP contribution < -0.4 is 9.64 Å². The van der Waals surface area contributed by atoms with E-state index < -0.39 is 11.6 Å². The smallest absolute Gasteiger partial charge is 0.246 e. The average Bonchev–Trinajstić information content (AvgIpc) is 3.73.